The van der Waals surface area contributed by atoms with E-state index < -0.39 is 0 Å². The molecule has 0 aromatic rings. The minimum Gasteiger partial charge on any atom is -0.368 e. The molecule has 0 saturated carbocycles. The highest BCUT2D eigenvalue weighted by atomic mass is 16.1. The molecule has 1 atom stereocenters. The second-order valence-corrected chi connectivity index (χ2v) is 4.36. The third-order valence-corrected chi connectivity index (χ3v) is 2.70. The maximum absolute atomic E-state index is 10.7. The normalized spacial score (nSPS) is 13.5. The maximum atomic E-state index is 10.7. The summed E-state index contributed by atoms with van der Waals surface area (Å²) in [5, 5.41) is 3.09. The Morgan fingerprint density at radius 3 is 2.40 bits per heavy atom. The summed E-state index contributed by atoms with van der Waals surface area (Å²) in [4.78, 5) is 13.0. The van der Waals surface area contributed by atoms with Gasteiger partial charge in [-0.15, -0.1) is 0 Å². The van der Waals surface area contributed by atoms with E-state index in [9.17, 15) is 4.79 Å². The van der Waals surface area contributed by atoms with Crippen LogP contribution >= 0.6 is 0 Å². The van der Waals surface area contributed by atoms with Gasteiger partial charge < -0.3 is 16.0 Å². The molecule has 3 N–H and O–H groups in total. The molecule has 4 nitrogen and oxygen atoms in total. The van der Waals surface area contributed by atoms with Gasteiger partial charge in [-0.1, -0.05) is 0 Å². The third kappa shape index (κ3) is 7.33. The van der Waals surface area contributed by atoms with Crippen LogP contribution < -0.4 is 11.1 Å². The molecule has 0 aromatic carbocycles. The van der Waals surface area contributed by atoms with Crippen LogP contribution in [0.4, 0.5) is 0 Å². The molecule has 15 heavy (non-hydrogen) atoms. The highest BCUT2D eigenvalue weighted by molar-refractivity contribution is 5.79. The summed E-state index contributed by atoms with van der Waals surface area (Å²) in [5.74, 6) is -0.283. The lowest BCUT2D eigenvalue weighted by molar-refractivity contribution is -0.119. The second kappa shape index (κ2) is 7.65. The summed E-state index contributed by atoms with van der Waals surface area (Å²) in [7, 11) is 2.13. The average molecular weight is 215 g/mol. The molecule has 0 radical (unpaired) electrons. The zero-order chi connectivity index (χ0) is 11.8. The van der Waals surface area contributed by atoms with Crippen molar-refractivity contribution in [3.05, 3.63) is 0 Å². The van der Waals surface area contributed by atoms with E-state index in [4.69, 9.17) is 5.73 Å². The second-order valence-electron chi connectivity index (χ2n) is 4.36. The first-order valence-electron chi connectivity index (χ1n) is 5.68. The highest BCUT2D eigenvalue weighted by Gasteiger charge is 2.06. The molecule has 1 amide bonds. The molecule has 0 aliphatic heterocycles. The molecular weight excluding hydrogens is 190 g/mol. The molecule has 0 spiro atoms. The first-order chi connectivity index (χ1) is 6.95. The van der Waals surface area contributed by atoms with Gasteiger partial charge in [-0.25, -0.2) is 0 Å². The van der Waals surface area contributed by atoms with Crippen molar-refractivity contribution >= 4 is 5.91 Å². The maximum Gasteiger partial charge on any atom is 0.234 e. The Hall–Kier alpha value is -0.610. The fraction of sp³-hybridized carbons (Fsp3) is 0.909. The molecule has 0 fully saturated rings. The molecule has 0 rings (SSSR count). The topological polar surface area (TPSA) is 58.4 Å². The summed E-state index contributed by atoms with van der Waals surface area (Å²) in [6.07, 6.45) is 2.22. The standard InChI is InChI=1S/C11H25N3O/c1-9(2)14(4)8-6-5-7-13-10(3)11(12)15/h9-10,13H,5-8H2,1-4H3,(H2,12,15). The van der Waals surface area contributed by atoms with Crippen LogP contribution in [0, 0.1) is 0 Å². The number of rotatable bonds is 8. The minimum absolute atomic E-state index is 0.215. The van der Waals surface area contributed by atoms with Gasteiger partial charge in [0, 0.05) is 6.04 Å². The molecule has 0 heterocycles. The highest BCUT2D eigenvalue weighted by Crippen LogP contribution is 1.97. The minimum atomic E-state index is -0.283. The Bertz CT molecular complexity index is 183. The monoisotopic (exact) mass is 215 g/mol. The third-order valence-electron chi connectivity index (χ3n) is 2.70. The van der Waals surface area contributed by atoms with E-state index in [2.05, 4.69) is 31.1 Å². The predicted molar refractivity (Wildman–Crippen MR) is 63.7 cm³/mol. The van der Waals surface area contributed by atoms with Gasteiger partial charge in [-0.2, -0.15) is 0 Å². The number of primary amides is 1. The quantitative estimate of drug-likeness (QED) is 0.582. The van der Waals surface area contributed by atoms with Gasteiger partial charge in [0.1, 0.15) is 0 Å². The van der Waals surface area contributed by atoms with Crippen LogP contribution in [-0.4, -0.2) is 43.0 Å². The van der Waals surface area contributed by atoms with E-state index in [1.165, 1.54) is 0 Å². The van der Waals surface area contributed by atoms with Crippen molar-refractivity contribution in [1.82, 2.24) is 10.2 Å². The van der Waals surface area contributed by atoms with Gasteiger partial charge >= 0.3 is 0 Å². The van der Waals surface area contributed by atoms with Crippen molar-refractivity contribution < 1.29 is 4.79 Å². The number of carbonyl (C=O) groups excluding carboxylic acids is 1. The van der Waals surface area contributed by atoms with Crippen molar-refractivity contribution in [2.75, 3.05) is 20.1 Å². The Kier molecular flexibility index (Phi) is 7.34. The van der Waals surface area contributed by atoms with Crippen molar-refractivity contribution in [3.63, 3.8) is 0 Å². The Labute approximate surface area is 93.2 Å². The van der Waals surface area contributed by atoms with Crippen LogP contribution in [0.2, 0.25) is 0 Å². The van der Waals surface area contributed by atoms with Crippen LogP contribution in [0.1, 0.15) is 33.6 Å². The SMILES string of the molecule is CC(NCCCCN(C)C(C)C)C(N)=O. The number of hydrogen-bond acceptors (Lipinski definition) is 3. The van der Waals surface area contributed by atoms with Crippen molar-refractivity contribution in [2.24, 2.45) is 5.73 Å². The zero-order valence-corrected chi connectivity index (χ0v) is 10.4. The number of nitrogens with two attached hydrogens (primary N) is 1. The number of nitrogens with zero attached hydrogens (tertiary/aromatic N) is 1. The summed E-state index contributed by atoms with van der Waals surface area (Å²) in [6.45, 7) is 8.13. The number of unbranched alkanes of at least 4 members (excludes halogenated alkanes) is 1. The van der Waals surface area contributed by atoms with E-state index in [1.807, 2.05) is 0 Å². The Morgan fingerprint density at radius 1 is 1.33 bits per heavy atom. The number of nitrogens with one attached hydrogen (secondary N) is 1. The Morgan fingerprint density at radius 2 is 1.93 bits per heavy atom. The molecule has 0 aromatic heterocycles. The van der Waals surface area contributed by atoms with Gasteiger partial charge in [0.25, 0.3) is 0 Å². The van der Waals surface area contributed by atoms with Crippen LogP contribution in [0.5, 0.6) is 0 Å². The van der Waals surface area contributed by atoms with E-state index in [0.717, 1.165) is 25.9 Å². The van der Waals surface area contributed by atoms with Crippen LogP contribution in [0.25, 0.3) is 0 Å². The Balaban J connectivity index is 3.36. The predicted octanol–water partition coefficient (Wildman–Crippen LogP) is 0.570. The average Bonchev–Trinajstić information content (AvgIpc) is 2.16. The van der Waals surface area contributed by atoms with E-state index >= 15 is 0 Å². The number of amides is 1. The summed E-state index contributed by atoms with van der Waals surface area (Å²) in [5.41, 5.74) is 5.13. The molecule has 1 unspecified atom stereocenters. The van der Waals surface area contributed by atoms with Gasteiger partial charge in [0.05, 0.1) is 6.04 Å². The van der Waals surface area contributed by atoms with Crippen LogP contribution in [-0.2, 0) is 4.79 Å². The van der Waals surface area contributed by atoms with Crippen molar-refractivity contribution in [2.45, 2.75) is 45.7 Å². The fourth-order valence-electron chi connectivity index (χ4n) is 1.16. The largest absolute Gasteiger partial charge is 0.368 e. The number of carbonyl (C=O) groups is 1. The summed E-state index contributed by atoms with van der Waals surface area (Å²) >= 11 is 0. The lowest BCUT2D eigenvalue weighted by atomic mass is 10.2. The lowest BCUT2D eigenvalue weighted by Crippen LogP contribution is -2.39. The number of hydrogen-bond donors (Lipinski definition) is 2. The molecule has 4 heteroatoms. The zero-order valence-electron chi connectivity index (χ0n) is 10.4. The van der Waals surface area contributed by atoms with Gasteiger partial charge in [0.2, 0.25) is 5.91 Å². The van der Waals surface area contributed by atoms with Crippen molar-refractivity contribution in [3.8, 4) is 0 Å². The smallest absolute Gasteiger partial charge is 0.234 e. The van der Waals surface area contributed by atoms with E-state index in [-0.39, 0.29) is 11.9 Å². The van der Waals surface area contributed by atoms with Crippen LogP contribution in [0.15, 0.2) is 0 Å². The molecule has 90 valence electrons. The summed E-state index contributed by atoms with van der Waals surface area (Å²) in [6, 6.07) is 0.385. The first-order valence-corrected chi connectivity index (χ1v) is 5.68. The molecular formula is C11H25N3O. The molecule has 0 saturated heterocycles. The first kappa shape index (κ1) is 14.4. The van der Waals surface area contributed by atoms with E-state index in [0.29, 0.717) is 6.04 Å². The molecule has 0 aliphatic rings. The lowest BCUT2D eigenvalue weighted by Gasteiger charge is -2.20. The molecule has 0 bridgehead atoms. The van der Waals surface area contributed by atoms with Crippen LogP contribution in [0.3, 0.4) is 0 Å². The van der Waals surface area contributed by atoms with Gasteiger partial charge in [-0.3, -0.25) is 4.79 Å². The van der Waals surface area contributed by atoms with Gasteiger partial charge in [-0.05, 0) is 53.8 Å². The molecule has 0 aliphatic carbocycles. The summed E-state index contributed by atoms with van der Waals surface area (Å²) < 4.78 is 0. The van der Waals surface area contributed by atoms with Gasteiger partial charge in [0.15, 0.2) is 0 Å². The fourth-order valence-corrected chi connectivity index (χ4v) is 1.16. The van der Waals surface area contributed by atoms with Crippen molar-refractivity contribution in [1.29, 1.82) is 0 Å². The van der Waals surface area contributed by atoms with E-state index in [1.54, 1.807) is 6.92 Å².